The fourth-order valence-corrected chi connectivity index (χ4v) is 2.94. The maximum Gasteiger partial charge on any atom is 0.262 e. The summed E-state index contributed by atoms with van der Waals surface area (Å²) >= 11 is 0. The van der Waals surface area contributed by atoms with Gasteiger partial charge in [0.2, 0.25) is 5.71 Å². The van der Waals surface area contributed by atoms with Crippen LogP contribution in [0.2, 0.25) is 0 Å². The van der Waals surface area contributed by atoms with Crippen molar-refractivity contribution in [2.24, 2.45) is 0 Å². The second-order valence-electron chi connectivity index (χ2n) is 6.11. The molecule has 142 valence electrons. The Hall–Kier alpha value is -3.29. The fraction of sp³-hybridized carbons (Fsp3) is 0.316. The molecule has 0 spiro atoms. The minimum absolute atomic E-state index is 0.160. The van der Waals surface area contributed by atoms with E-state index in [9.17, 15) is 9.59 Å². The number of aromatic nitrogens is 2. The normalized spacial score (nSPS) is 10.8. The number of furan rings is 1. The molecule has 3 aromatic rings. The molecule has 0 aliphatic heterocycles. The standard InChI is InChI=1S/C19H21N3O5/c1-11-15(16-17(23)20-10-21-18(16)27-11)19(24)22(2)8-7-12-5-6-13(25-3)14(9-12)26-4/h5-6,9-10H,7-8H2,1-4H3,(H,20,21,23). The number of nitrogens with one attached hydrogen (secondary N) is 1. The summed E-state index contributed by atoms with van der Waals surface area (Å²) in [5, 5.41) is 0.179. The average molecular weight is 371 g/mol. The summed E-state index contributed by atoms with van der Waals surface area (Å²) in [6, 6.07) is 5.63. The molecule has 0 aliphatic rings. The molecular weight excluding hydrogens is 350 g/mol. The number of carbonyl (C=O) groups is 1. The first-order valence-electron chi connectivity index (χ1n) is 8.39. The average Bonchev–Trinajstić information content (AvgIpc) is 3.02. The van der Waals surface area contributed by atoms with E-state index in [2.05, 4.69) is 9.97 Å². The number of hydrogen-bond donors (Lipinski definition) is 1. The molecule has 0 saturated carbocycles. The topological polar surface area (TPSA) is 97.7 Å². The van der Waals surface area contributed by atoms with Crippen molar-refractivity contribution in [2.45, 2.75) is 13.3 Å². The third-order valence-corrected chi connectivity index (χ3v) is 4.41. The zero-order valence-corrected chi connectivity index (χ0v) is 15.7. The molecule has 0 fully saturated rings. The van der Waals surface area contributed by atoms with Gasteiger partial charge >= 0.3 is 0 Å². The van der Waals surface area contributed by atoms with Gasteiger partial charge in [-0.05, 0) is 31.0 Å². The Bertz CT molecular complexity index is 1040. The van der Waals surface area contributed by atoms with Crippen molar-refractivity contribution in [1.29, 1.82) is 0 Å². The highest BCUT2D eigenvalue weighted by atomic mass is 16.5. The minimum Gasteiger partial charge on any atom is -0.493 e. The summed E-state index contributed by atoms with van der Waals surface area (Å²) in [5.41, 5.74) is 1.01. The molecule has 0 atom stereocenters. The number of methoxy groups -OCH3 is 2. The first-order valence-corrected chi connectivity index (χ1v) is 8.39. The van der Waals surface area contributed by atoms with Crippen LogP contribution in [0.1, 0.15) is 21.7 Å². The number of ether oxygens (including phenoxy) is 2. The zero-order valence-electron chi connectivity index (χ0n) is 15.7. The lowest BCUT2D eigenvalue weighted by Crippen LogP contribution is -2.30. The predicted octanol–water partition coefficient (Wildman–Crippen LogP) is 2.16. The Morgan fingerprint density at radius 1 is 1.26 bits per heavy atom. The summed E-state index contributed by atoms with van der Waals surface area (Å²) in [6.45, 7) is 2.11. The number of hydrogen-bond acceptors (Lipinski definition) is 6. The summed E-state index contributed by atoms with van der Waals surface area (Å²) in [5.74, 6) is 1.37. The molecule has 0 saturated heterocycles. The van der Waals surface area contributed by atoms with Gasteiger partial charge in [0.05, 0.1) is 26.1 Å². The lowest BCUT2D eigenvalue weighted by Gasteiger charge is -2.17. The van der Waals surface area contributed by atoms with Crippen LogP contribution < -0.4 is 15.0 Å². The van der Waals surface area contributed by atoms with Crippen molar-refractivity contribution in [3.8, 4) is 11.5 Å². The molecule has 2 aromatic heterocycles. The predicted molar refractivity (Wildman–Crippen MR) is 99.6 cm³/mol. The van der Waals surface area contributed by atoms with E-state index in [0.29, 0.717) is 30.2 Å². The number of benzene rings is 1. The van der Waals surface area contributed by atoms with E-state index in [0.717, 1.165) is 5.56 Å². The summed E-state index contributed by atoms with van der Waals surface area (Å²) < 4.78 is 16.0. The lowest BCUT2D eigenvalue weighted by atomic mass is 10.1. The molecule has 0 aliphatic carbocycles. The van der Waals surface area contributed by atoms with Crippen molar-refractivity contribution < 1.29 is 18.7 Å². The van der Waals surface area contributed by atoms with Crippen LogP contribution in [-0.4, -0.2) is 48.6 Å². The second kappa shape index (κ2) is 7.53. The number of H-pyrrole nitrogens is 1. The molecule has 3 rings (SSSR count). The van der Waals surface area contributed by atoms with Crippen LogP contribution in [0.4, 0.5) is 0 Å². The minimum atomic E-state index is -0.395. The zero-order chi connectivity index (χ0) is 19.6. The Morgan fingerprint density at radius 2 is 2.00 bits per heavy atom. The highest BCUT2D eigenvalue weighted by Crippen LogP contribution is 2.28. The quantitative estimate of drug-likeness (QED) is 0.713. The van der Waals surface area contributed by atoms with Crippen LogP contribution in [0, 0.1) is 6.92 Å². The van der Waals surface area contributed by atoms with Gasteiger partial charge in [-0.1, -0.05) is 6.07 Å². The smallest absolute Gasteiger partial charge is 0.262 e. The molecule has 0 bridgehead atoms. The number of fused-ring (bicyclic) bond motifs is 1. The van der Waals surface area contributed by atoms with E-state index in [4.69, 9.17) is 13.9 Å². The van der Waals surface area contributed by atoms with Crippen LogP contribution in [0.25, 0.3) is 11.1 Å². The van der Waals surface area contributed by atoms with E-state index in [1.54, 1.807) is 33.1 Å². The van der Waals surface area contributed by atoms with Crippen molar-refractivity contribution in [2.75, 3.05) is 27.8 Å². The summed E-state index contributed by atoms with van der Waals surface area (Å²) in [6.07, 6.45) is 1.87. The molecule has 27 heavy (non-hydrogen) atoms. The second-order valence-corrected chi connectivity index (χ2v) is 6.11. The Labute approximate surface area is 155 Å². The molecule has 0 radical (unpaired) electrons. The van der Waals surface area contributed by atoms with Crippen molar-refractivity contribution in [3.63, 3.8) is 0 Å². The number of amides is 1. The maximum atomic E-state index is 12.9. The third-order valence-electron chi connectivity index (χ3n) is 4.41. The summed E-state index contributed by atoms with van der Waals surface area (Å²) in [7, 11) is 4.85. The first-order chi connectivity index (χ1) is 13.0. The Morgan fingerprint density at radius 3 is 2.70 bits per heavy atom. The highest BCUT2D eigenvalue weighted by molar-refractivity contribution is 6.06. The third kappa shape index (κ3) is 3.51. The van der Waals surface area contributed by atoms with E-state index in [1.807, 2.05) is 18.2 Å². The Kier molecular flexibility index (Phi) is 5.16. The molecule has 0 unspecified atom stereocenters. The molecule has 2 heterocycles. The van der Waals surface area contributed by atoms with Crippen molar-refractivity contribution in [3.05, 3.63) is 51.8 Å². The number of nitrogens with zero attached hydrogens (tertiary/aromatic N) is 2. The van der Waals surface area contributed by atoms with Crippen LogP contribution >= 0.6 is 0 Å². The number of likely N-dealkylation sites (N-methyl/N-ethyl adjacent to an activating group) is 1. The lowest BCUT2D eigenvalue weighted by molar-refractivity contribution is 0.0796. The number of carbonyl (C=O) groups excluding carboxylic acids is 1. The van der Waals surface area contributed by atoms with Gasteiger partial charge in [-0.25, -0.2) is 4.98 Å². The number of aryl methyl sites for hydroxylation is 1. The Balaban J connectivity index is 1.79. The van der Waals surface area contributed by atoms with Gasteiger partial charge < -0.3 is 23.8 Å². The molecular formula is C19H21N3O5. The van der Waals surface area contributed by atoms with Gasteiger partial charge in [-0.15, -0.1) is 0 Å². The van der Waals surface area contributed by atoms with Gasteiger partial charge in [0, 0.05) is 13.6 Å². The highest BCUT2D eigenvalue weighted by Gasteiger charge is 2.24. The van der Waals surface area contributed by atoms with Crippen LogP contribution in [-0.2, 0) is 6.42 Å². The summed E-state index contributed by atoms with van der Waals surface area (Å²) in [4.78, 5) is 33.0. The van der Waals surface area contributed by atoms with E-state index >= 15 is 0 Å². The fourth-order valence-electron chi connectivity index (χ4n) is 2.94. The maximum absolute atomic E-state index is 12.9. The molecule has 8 heteroatoms. The van der Waals surface area contributed by atoms with Gasteiger partial charge in [0.15, 0.2) is 11.5 Å². The van der Waals surface area contributed by atoms with E-state index < -0.39 is 5.56 Å². The van der Waals surface area contributed by atoms with Crippen LogP contribution in [0.3, 0.4) is 0 Å². The molecule has 8 nitrogen and oxygen atoms in total. The molecule has 1 amide bonds. The number of rotatable bonds is 6. The van der Waals surface area contributed by atoms with Crippen LogP contribution in [0.5, 0.6) is 11.5 Å². The van der Waals surface area contributed by atoms with Gasteiger partial charge in [-0.3, -0.25) is 9.59 Å². The van der Waals surface area contributed by atoms with Crippen LogP contribution in [0.15, 0.2) is 33.7 Å². The van der Waals surface area contributed by atoms with Gasteiger partial charge in [0.25, 0.3) is 11.5 Å². The first kappa shape index (κ1) is 18.5. The van der Waals surface area contributed by atoms with Gasteiger partial charge in [-0.2, -0.15) is 0 Å². The molecule has 1 N–H and O–H groups in total. The molecule has 1 aromatic carbocycles. The van der Waals surface area contributed by atoms with Crippen molar-refractivity contribution >= 4 is 17.0 Å². The van der Waals surface area contributed by atoms with E-state index in [1.165, 1.54) is 6.33 Å². The number of aromatic amines is 1. The SMILES string of the molecule is COc1ccc(CCN(C)C(=O)c2c(C)oc3nc[nH]c(=O)c23)cc1OC. The largest absolute Gasteiger partial charge is 0.493 e. The van der Waals surface area contributed by atoms with E-state index in [-0.39, 0.29) is 22.6 Å². The van der Waals surface area contributed by atoms with Crippen molar-refractivity contribution in [1.82, 2.24) is 14.9 Å². The monoisotopic (exact) mass is 371 g/mol. The van der Waals surface area contributed by atoms with Gasteiger partial charge in [0.1, 0.15) is 11.1 Å².